The maximum absolute atomic E-state index is 5.81. The molecule has 0 spiro atoms. The number of hydrogen-bond donors (Lipinski definition) is 1. The number of nitrogens with one attached hydrogen (secondary N) is 1. The van der Waals surface area contributed by atoms with Gasteiger partial charge in [-0.3, -0.25) is 0 Å². The zero-order valence-corrected chi connectivity index (χ0v) is 13.1. The van der Waals surface area contributed by atoms with Crippen molar-refractivity contribution < 1.29 is 4.74 Å². The summed E-state index contributed by atoms with van der Waals surface area (Å²) in [5.74, 6) is 1.92. The minimum absolute atomic E-state index is 0.167. The van der Waals surface area contributed by atoms with Gasteiger partial charge >= 0.3 is 0 Å². The van der Waals surface area contributed by atoms with Crippen molar-refractivity contribution in [3.8, 4) is 5.75 Å². The molecular formula is C18H27NO. The Labute approximate surface area is 122 Å². The molecule has 20 heavy (non-hydrogen) atoms. The molecule has 0 aromatic heterocycles. The van der Waals surface area contributed by atoms with Gasteiger partial charge in [0, 0.05) is 11.1 Å². The summed E-state index contributed by atoms with van der Waals surface area (Å²) in [5.41, 5.74) is 4.20. The lowest BCUT2D eigenvalue weighted by atomic mass is 9.79. The lowest BCUT2D eigenvalue weighted by molar-refractivity contribution is 0.265. The van der Waals surface area contributed by atoms with E-state index in [0.29, 0.717) is 0 Å². The van der Waals surface area contributed by atoms with E-state index in [2.05, 4.69) is 31.3 Å². The molecule has 0 bridgehead atoms. The second-order valence-electron chi connectivity index (χ2n) is 6.57. The van der Waals surface area contributed by atoms with Crippen molar-refractivity contribution in [2.24, 2.45) is 5.92 Å². The van der Waals surface area contributed by atoms with Gasteiger partial charge in [-0.05, 0) is 63.1 Å². The molecule has 1 atom stereocenters. The molecule has 2 aliphatic rings. The standard InChI is InChI=1S/C18H27NO/c1-13-7-10-16(17(20-3)14(13)2)18(15-8-9-15)11-5-4-6-12-19-18/h7,10,15,19H,4-6,8-9,11-12H2,1-3H3. The SMILES string of the molecule is COc1c(C2(C3CC3)CCCCCN2)ccc(C)c1C. The quantitative estimate of drug-likeness (QED) is 0.896. The fourth-order valence-electron chi connectivity index (χ4n) is 3.88. The third-order valence-electron chi connectivity index (χ3n) is 5.32. The molecule has 0 amide bonds. The van der Waals surface area contributed by atoms with Gasteiger partial charge in [-0.2, -0.15) is 0 Å². The summed E-state index contributed by atoms with van der Waals surface area (Å²) in [7, 11) is 1.82. The fourth-order valence-corrected chi connectivity index (χ4v) is 3.88. The molecule has 1 saturated carbocycles. The van der Waals surface area contributed by atoms with Gasteiger partial charge in [0.1, 0.15) is 5.75 Å². The molecule has 110 valence electrons. The van der Waals surface area contributed by atoms with E-state index in [1.807, 2.05) is 7.11 Å². The smallest absolute Gasteiger partial charge is 0.127 e. The van der Waals surface area contributed by atoms with Crippen LogP contribution in [-0.4, -0.2) is 13.7 Å². The Morgan fingerprint density at radius 3 is 2.65 bits per heavy atom. The van der Waals surface area contributed by atoms with Crippen LogP contribution in [0.25, 0.3) is 0 Å². The molecule has 1 aliphatic carbocycles. The highest BCUT2D eigenvalue weighted by Gasteiger charge is 2.47. The van der Waals surface area contributed by atoms with Gasteiger partial charge < -0.3 is 10.1 Å². The van der Waals surface area contributed by atoms with Crippen molar-refractivity contribution in [1.29, 1.82) is 0 Å². The van der Waals surface area contributed by atoms with E-state index in [9.17, 15) is 0 Å². The molecule has 0 radical (unpaired) electrons. The van der Waals surface area contributed by atoms with Crippen LogP contribution in [0.5, 0.6) is 5.75 Å². The minimum Gasteiger partial charge on any atom is -0.496 e. The van der Waals surface area contributed by atoms with Gasteiger partial charge in [0.15, 0.2) is 0 Å². The maximum Gasteiger partial charge on any atom is 0.127 e. The summed E-state index contributed by atoms with van der Waals surface area (Å²) in [6.45, 7) is 5.51. The van der Waals surface area contributed by atoms with E-state index in [1.54, 1.807) is 0 Å². The average Bonchev–Trinajstić information content (AvgIpc) is 3.27. The molecule has 2 nitrogen and oxygen atoms in total. The van der Waals surface area contributed by atoms with E-state index in [-0.39, 0.29) is 5.54 Å². The summed E-state index contributed by atoms with van der Waals surface area (Å²) < 4.78 is 5.81. The summed E-state index contributed by atoms with van der Waals surface area (Å²) in [5, 5.41) is 3.91. The topological polar surface area (TPSA) is 21.3 Å². The highest BCUT2D eigenvalue weighted by Crippen LogP contribution is 2.52. The Morgan fingerprint density at radius 2 is 1.95 bits per heavy atom. The Balaban J connectivity index is 2.09. The number of benzene rings is 1. The zero-order valence-electron chi connectivity index (χ0n) is 13.1. The Kier molecular flexibility index (Phi) is 3.76. The largest absolute Gasteiger partial charge is 0.496 e. The van der Waals surface area contributed by atoms with Gasteiger partial charge in [-0.1, -0.05) is 25.0 Å². The minimum atomic E-state index is 0.167. The number of rotatable bonds is 3. The van der Waals surface area contributed by atoms with Crippen molar-refractivity contribution >= 4 is 0 Å². The van der Waals surface area contributed by atoms with Crippen LogP contribution in [0.3, 0.4) is 0 Å². The lowest BCUT2D eigenvalue weighted by Gasteiger charge is -2.36. The Bertz CT molecular complexity index is 482. The van der Waals surface area contributed by atoms with Gasteiger partial charge in [0.2, 0.25) is 0 Å². The van der Waals surface area contributed by atoms with Crippen LogP contribution in [-0.2, 0) is 5.54 Å². The van der Waals surface area contributed by atoms with Crippen LogP contribution in [0.15, 0.2) is 12.1 Å². The molecule has 1 saturated heterocycles. The summed E-state index contributed by atoms with van der Waals surface area (Å²) in [6.07, 6.45) is 7.98. The second-order valence-corrected chi connectivity index (χ2v) is 6.57. The number of methoxy groups -OCH3 is 1. The fraction of sp³-hybridized carbons (Fsp3) is 0.667. The molecule has 2 heteroatoms. The second kappa shape index (κ2) is 5.40. The number of ether oxygens (including phenoxy) is 1. The van der Waals surface area contributed by atoms with E-state index < -0.39 is 0 Å². The predicted molar refractivity (Wildman–Crippen MR) is 83.3 cm³/mol. The molecule has 1 aromatic carbocycles. The third-order valence-corrected chi connectivity index (χ3v) is 5.32. The van der Waals surface area contributed by atoms with Crippen molar-refractivity contribution in [2.45, 2.75) is 57.9 Å². The van der Waals surface area contributed by atoms with Gasteiger partial charge in [-0.25, -0.2) is 0 Å². The van der Waals surface area contributed by atoms with Crippen molar-refractivity contribution in [3.63, 3.8) is 0 Å². The summed E-state index contributed by atoms with van der Waals surface area (Å²) in [6, 6.07) is 4.59. The van der Waals surface area contributed by atoms with Crippen LogP contribution < -0.4 is 10.1 Å². The Morgan fingerprint density at radius 1 is 1.15 bits per heavy atom. The van der Waals surface area contributed by atoms with Crippen LogP contribution in [0.4, 0.5) is 0 Å². The Hall–Kier alpha value is -1.02. The summed E-state index contributed by atoms with van der Waals surface area (Å²) >= 11 is 0. The van der Waals surface area contributed by atoms with E-state index in [4.69, 9.17) is 4.74 Å². The van der Waals surface area contributed by atoms with E-state index in [0.717, 1.165) is 18.2 Å². The van der Waals surface area contributed by atoms with Gasteiger partial charge in [0.25, 0.3) is 0 Å². The molecule has 1 aliphatic heterocycles. The molecule has 1 heterocycles. The molecule has 1 aromatic rings. The van der Waals surface area contributed by atoms with E-state index >= 15 is 0 Å². The predicted octanol–water partition coefficient (Wildman–Crippen LogP) is 4.08. The third kappa shape index (κ3) is 2.24. The first-order chi connectivity index (χ1) is 9.69. The van der Waals surface area contributed by atoms with Crippen LogP contribution >= 0.6 is 0 Å². The highest BCUT2D eigenvalue weighted by atomic mass is 16.5. The number of aryl methyl sites for hydroxylation is 1. The zero-order chi connectivity index (χ0) is 14.2. The molecular weight excluding hydrogens is 246 g/mol. The first kappa shape index (κ1) is 13.9. The first-order valence-electron chi connectivity index (χ1n) is 8.09. The molecule has 2 fully saturated rings. The molecule has 3 rings (SSSR count). The van der Waals surface area contributed by atoms with Gasteiger partial charge in [0.05, 0.1) is 7.11 Å². The molecule has 1 unspecified atom stereocenters. The van der Waals surface area contributed by atoms with Gasteiger partial charge in [-0.15, -0.1) is 0 Å². The van der Waals surface area contributed by atoms with Crippen molar-refractivity contribution in [2.75, 3.05) is 13.7 Å². The molecule has 1 N–H and O–H groups in total. The normalized spacial score (nSPS) is 27.1. The van der Waals surface area contributed by atoms with Crippen LogP contribution in [0.1, 0.15) is 55.2 Å². The first-order valence-corrected chi connectivity index (χ1v) is 8.09. The lowest BCUT2D eigenvalue weighted by Crippen LogP contribution is -2.44. The van der Waals surface area contributed by atoms with E-state index in [1.165, 1.54) is 55.2 Å². The number of hydrogen-bond acceptors (Lipinski definition) is 2. The summed E-state index contributed by atoms with van der Waals surface area (Å²) in [4.78, 5) is 0. The monoisotopic (exact) mass is 273 g/mol. The highest BCUT2D eigenvalue weighted by molar-refractivity contribution is 5.49. The average molecular weight is 273 g/mol. The maximum atomic E-state index is 5.81. The van der Waals surface area contributed by atoms with Crippen LogP contribution in [0.2, 0.25) is 0 Å². The van der Waals surface area contributed by atoms with Crippen LogP contribution in [0, 0.1) is 19.8 Å². The van der Waals surface area contributed by atoms with Crippen molar-refractivity contribution in [1.82, 2.24) is 5.32 Å². The van der Waals surface area contributed by atoms with Crippen molar-refractivity contribution in [3.05, 3.63) is 28.8 Å².